The van der Waals surface area contributed by atoms with E-state index in [1.54, 1.807) is 0 Å². The molecule has 1 heterocycles. The summed E-state index contributed by atoms with van der Waals surface area (Å²) in [7, 11) is 0. The highest BCUT2D eigenvalue weighted by atomic mass is 16.1. The van der Waals surface area contributed by atoms with Gasteiger partial charge in [0.25, 0.3) is 0 Å². The Kier molecular flexibility index (Phi) is 4.43. The maximum absolute atomic E-state index is 12.0. The van der Waals surface area contributed by atoms with Crippen molar-refractivity contribution in [3.8, 4) is 0 Å². The molecule has 98 valence electrons. The van der Waals surface area contributed by atoms with Crippen LogP contribution in [0.5, 0.6) is 0 Å². The van der Waals surface area contributed by atoms with Gasteiger partial charge in [-0.3, -0.25) is 4.79 Å². The molecule has 0 aromatic carbocycles. The Morgan fingerprint density at radius 1 is 1.29 bits per heavy atom. The van der Waals surface area contributed by atoms with E-state index >= 15 is 0 Å². The molecular formula is C14H26N2O. The zero-order chi connectivity index (χ0) is 12.3. The van der Waals surface area contributed by atoms with E-state index in [2.05, 4.69) is 24.5 Å². The summed E-state index contributed by atoms with van der Waals surface area (Å²) in [6.07, 6.45) is 5.56. The van der Waals surface area contributed by atoms with Gasteiger partial charge in [0.05, 0.1) is 0 Å². The van der Waals surface area contributed by atoms with Gasteiger partial charge < -0.3 is 10.6 Å². The fourth-order valence-electron chi connectivity index (χ4n) is 3.19. The zero-order valence-corrected chi connectivity index (χ0v) is 11.2. The summed E-state index contributed by atoms with van der Waals surface area (Å²) in [4.78, 5) is 12.0. The smallest absolute Gasteiger partial charge is 0.220 e. The van der Waals surface area contributed by atoms with Crippen LogP contribution in [0.2, 0.25) is 0 Å². The number of rotatable bonds is 3. The van der Waals surface area contributed by atoms with Crippen LogP contribution in [0.3, 0.4) is 0 Å². The first-order chi connectivity index (χ1) is 8.16. The van der Waals surface area contributed by atoms with Gasteiger partial charge in [0.2, 0.25) is 5.91 Å². The lowest BCUT2D eigenvalue weighted by molar-refractivity contribution is -0.123. The van der Waals surface area contributed by atoms with Crippen LogP contribution in [0.1, 0.15) is 46.0 Å². The molecule has 3 heteroatoms. The van der Waals surface area contributed by atoms with Gasteiger partial charge in [-0.2, -0.15) is 0 Å². The molecule has 1 aliphatic carbocycles. The SMILES string of the molecule is CC1CCC(NC(=O)CC2CCCNC2)C1C. The Morgan fingerprint density at radius 2 is 2.12 bits per heavy atom. The topological polar surface area (TPSA) is 41.1 Å². The number of amides is 1. The van der Waals surface area contributed by atoms with Crippen molar-refractivity contribution in [2.24, 2.45) is 17.8 Å². The summed E-state index contributed by atoms with van der Waals surface area (Å²) >= 11 is 0. The molecule has 1 saturated carbocycles. The van der Waals surface area contributed by atoms with Crippen LogP contribution in [-0.2, 0) is 4.79 Å². The molecule has 2 rings (SSSR count). The van der Waals surface area contributed by atoms with Crippen molar-refractivity contribution in [1.29, 1.82) is 0 Å². The molecule has 0 bridgehead atoms. The van der Waals surface area contributed by atoms with Crippen molar-refractivity contribution in [2.75, 3.05) is 13.1 Å². The molecule has 0 aromatic heterocycles. The average molecular weight is 238 g/mol. The number of piperidine rings is 1. The molecule has 3 nitrogen and oxygen atoms in total. The fourth-order valence-corrected chi connectivity index (χ4v) is 3.19. The van der Waals surface area contributed by atoms with Crippen LogP contribution >= 0.6 is 0 Å². The highest BCUT2D eigenvalue weighted by molar-refractivity contribution is 5.76. The minimum Gasteiger partial charge on any atom is -0.353 e. The van der Waals surface area contributed by atoms with E-state index in [0.717, 1.165) is 25.4 Å². The average Bonchev–Trinajstić information content (AvgIpc) is 2.62. The van der Waals surface area contributed by atoms with E-state index in [9.17, 15) is 4.79 Å². The first kappa shape index (κ1) is 12.9. The third-order valence-electron chi connectivity index (χ3n) is 4.68. The Balaban J connectivity index is 1.73. The summed E-state index contributed by atoms with van der Waals surface area (Å²) in [5.74, 6) is 2.22. The molecule has 0 spiro atoms. The highest BCUT2D eigenvalue weighted by Gasteiger charge is 2.31. The highest BCUT2D eigenvalue weighted by Crippen LogP contribution is 2.31. The van der Waals surface area contributed by atoms with Gasteiger partial charge >= 0.3 is 0 Å². The largest absolute Gasteiger partial charge is 0.353 e. The lowest BCUT2D eigenvalue weighted by atomic mass is 9.94. The maximum Gasteiger partial charge on any atom is 0.220 e. The van der Waals surface area contributed by atoms with E-state index in [1.165, 1.54) is 19.3 Å². The van der Waals surface area contributed by atoms with Crippen LogP contribution in [0.25, 0.3) is 0 Å². The van der Waals surface area contributed by atoms with Crippen molar-refractivity contribution in [3.63, 3.8) is 0 Å². The number of carbonyl (C=O) groups excluding carboxylic acids is 1. The van der Waals surface area contributed by atoms with Gasteiger partial charge in [0.15, 0.2) is 0 Å². The second-order valence-corrected chi connectivity index (χ2v) is 6.00. The molecule has 2 fully saturated rings. The molecule has 4 unspecified atom stereocenters. The maximum atomic E-state index is 12.0. The first-order valence-corrected chi connectivity index (χ1v) is 7.17. The van der Waals surface area contributed by atoms with Gasteiger partial charge in [-0.05, 0) is 56.5 Å². The quantitative estimate of drug-likeness (QED) is 0.789. The molecular weight excluding hydrogens is 212 g/mol. The van der Waals surface area contributed by atoms with Gasteiger partial charge in [0, 0.05) is 12.5 Å². The van der Waals surface area contributed by atoms with Crippen LogP contribution in [-0.4, -0.2) is 25.0 Å². The van der Waals surface area contributed by atoms with Gasteiger partial charge in [-0.25, -0.2) is 0 Å². The minimum atomic E-state index is 0.268. The van der Waals surface area contributed by atoms with Crippen molar-refractivity contribution >= 4 is 5.91 Å². The second-order valence-electron chi connectivity index (χ2n) is 6.00. The monoisotopic (exact) mass is 238 g/mol. The third kappa shape index (κ3) is 3.44. The summed E-state index contributed by atoms with van der Waals surface area (Å²) in [6, 6.07) is 0.425. The van der Waals surface area contributed by atoms with Crippen LogP contribution in [0.4, 0.5) is 0 Å². The van der Waals surface area contributed by atoms with Crippen molar-refractivity contribution in [2.45, 2.75) is 52.0 Å². The fraction of sp³-hybridized carbons (Fsp3) is 0.929. The molecule has 1 saturated heterocycles. The van der Waals surface area contributed by atoms with E-state index in [1.807, 2.05) is 0 Å². The molecule has 0 radical (unpaired) electrons. The van der Waals surface area contributed by atoms with Crippen LogP contribution < -0.4 is 10.6 Å². The molecule has 2 aliphatic rings. The molecule has 1 amide bonds. The van der Waals surface area contributed by atoms with E-state index < -0.39 is 0 Å². The summed E-state index contributed by atoms with van der Waals surface area (Å²) in [5.41, 5.74) is 0. The Hall–Kier alpha value is -0.570. The number of hydrogen-bond donors (Lipinski definition) is 2. The standard InChI is InChI=1S/C14H26N2O/c1-10-5-6-13(11(10)2)16-14(17)8-12-4-3-7-15-9-12/h10-13,15H,3-9H2,1-2H3,(H,16,17). The molecule has 4 atom stereocenters. The normalized spacial score (nSPS) is 38.0. The number of nitrogens with one attached hydrogen (secondary N) is 2. The van der Waals surface area contributed by atoms with Gasteiger partial charge in [-0.15, -0.1) is 0 Å². The Labute approximate surface area is 105 Å². The summed E-state index contributed by atoms with van der Waals surface area (Å²) in [6.45, 7) is 6.70. The van der Waals surface area contributed by atoms with E-state index in [0.29, 0.717) is 24.3 Å². The zero-order valence-electron chi connectivity index (χ0n) is 11.2. The lowest BCUT2D eigenvalue weighted by Gasteiger charge is -2.24. The first-order valence-electron chi connectivity index (χ1n) is 7.17. The van der Waals surface area contributed by atoms with Crippen molar-refractivity contribution in [1.82, 2.24) is 10.6 Å². The van der Waals surface area contributed by atoms with Crippen molar-refractivity contribution in [3.05, 3.63) is 0 Å². The third-order valence-corrected chi connectivity index (χ3v) is 4.68. The molecule has 0 aromatic rings. The number of hydrogen-bond acceptors (Lipinski definition) is 2. The van der Waals surface area contributed by atoms with Crippen LogP contribution in [0, 0.1) is 17.8 Å². The molecule has 1 aliphatic heterocycles. The molecule has 2 N–H and O–H groups in total. The van der Waals surface area contributed by atoms with Gasteiger partial charge in [-0.1, -0.05) is 13.8 Å². The van der Waals surface area contributed by atoms with Crippen LogP contribution in [0.15, 0.2) is 0 Å². The number of carbonyl (C=O) groups is 1. The van der Waals surface area contributed by atoms with Gasteiger partial charge in [0.1, 0.15) is 0 Å². The predicted octanol–water partition coefficient (Wildman–Crippen LogP) is 1.93. The van der Waals surface area contributed by atoms with Crippen molar-refractivity contribution < 1.29 is 4.79 Å². The summed E-state index contributed by atoms with van der Waals surface area (Å²) in [5, 5.41) is 6.61. The predicted molar refractivity (Wildman–Crippen MR) is 69.7 cm³/mol. The molecule has 17 heavy (non-hydrogen) atoms. The van der Waals surface area contributed by atoms with E-state index in [-0.39, 0.29) is 5.91 Å². The lowest BCUT2D eigenvalue weighted by Crippen LogP contribution is -2.40. The Bertz CT molecular complexity index is 261. The van der Waals surface area contributed by atoms with E-state index in [4.69, 9.17) is 0 Å². The Morgan fingerprint density at radius 3 is 2.71 bits per heavy atom. The minimum absolute atomic E-state index is 0.268. The summed E-state index contributed by atoms with van der Waals surface area (Å²) < 4.78 is 0. The second kappa shape index (κ2) is 5.85.